The fraction of sp³-hybridized carbons (Fsp3) is 0.484. The average Bonchev–Trinajstić information content (AvgIpc) is 3.62. The van der Waals surface area contributed by atoms with Crippen LogP contribution in [0.3, 0.4) is 0 Å². The van der Waals surface area contributed by atoms with E-state index in [-0.39, 0.29) is 17.6 Å². The summed E-state index contributed by atoms with van der Waals surface area (Å²) in [7, 11) is 0. The number of nitrogens with zero attached hydrogens (tertiary/aromatic N) is 8. The van der Waals surface area contributed by atoms with Gasteiger partial charge in [0, 0.05) is 49.7 Å². The Morgan fingerprint density at radius 3 is 2.72 bits per heavy atom. The molecular weight excluding hydrogens is 544 g/mol. The van der Waals surface area contributed by atoms with Crippen molar-refractivity contribution in [2.24, 2.45) is 0 Å². The number of nitrogens with one attached hydrogen (secondary N) is 2. The molecule has 1 atom stereocenters. The molecule has 12 nitrogen and oxygen atoms in total. The molecule has 1 fully saturated rings. The standard InChI is InChI=1S/C31H42N10O2/c1-20(2)43-11-8-25-17-32-9-10-39(25)26-13-23(15-33-18-26)28-19-40(38-36-28)29-14-24(16-34-22(29)4)35-30(42)27-12-21(3)41(37-27)31(5,6)7/h12-16,18-20,25,32H,8-11,17H2,1-7H3,(H,35,42). The first kappa shape index (κ1) is 30.3. The highest BCUT2D eigenvalue weighted by Crippen LogP contribution is 2.26. The Hall–Kier alpha value is -4.16. The second kappa shape index (κ2) is 12.6. The van der Waals surface area contributed by atoms with Crippen LogP contribution in [0, 0.1) is 13.8 Å². The topological polar surface area (TPSA) is 128 Å². The Balaban J connectivity index is 1.33. The number of ether oxygens (including phenoxy) is 1. The molecule has 1 unspecified atom stereocenters. The number of piperazine rings is 1. The number of carbonyl (C=O) groups is 1. The molecule has 0 saturated carbocycles. The lowest BCUT2D eigenvalue weighted by Crippen LogP contribution is -2.52. The van der Waals surface area contributed by atoms with Crippen molar-refractivity contribution in [3.8, 4) is 16.9 Å². The normalized spacial score (nSPS) is 15.7. The number of amides is 1. The van der Waals surface area contributed by atoms with Crippen LogP contribution in [0.15, 0.2) is 43.0 Å². The van der Waals surface area contributed by atoms with E-state index in [4.69, 9.17) is 4.74 Å². The van der Waals surface area contributed by atoms with Gasteiger partial charge in [-0.05, 0) is 73.1 Å². The van der Waals surface area contributed by atoms with Gasteiger partial charge < -0.3 is 20.3 Å². The Morgan fingerprint density at radius 1 is 1.16 bits per heavy atom. The minimum atomic E-state index is -0.299. The molecule has 4 aromatic heterocycles. The lowest BCUT2D eigenvalue weighted by molar-refractivity contribution is 0.0724. The highest BCUT2D eigenvalue weighted by molar-refractivity contribution is 6.03. The molecule has 4 aromatic rings. The van der Waals surface area contributed by atoms with E-state index in [1.807, 2.05) is 37.0 Å². The van der Waals surface area contributed by atoms with Crippen LogP contribution in [-0.2, 0) is 10.3 Å². The summed E-state index contributed by atoms with van der Waals surface area (Å²) in [4.78, 5) is 24.5. The molecule has 0 bridgehead atoms. The number of aromatic nitrogens is 7. The largest absolute Gasteiger partial charge is 0.379 e. The summed E-state index contributed by atoms with van der Waals surface area (Å²) < 4.78 is 9.35. The number of hydrogen-bond acceptors (Lipinski definition) is 9. The molecule has 0 radical (unpaired) electrons. The van der Waals surface area contributed by atoms with Crippen LogP contribution in [0.1, 0.15) is 62.9 Å². The predicted molar refractivity (Wildman–Crippen MR) is 167 cm³/mol. The van der Waals surface area contributed by atoms with Crippen molar-refractivity contribution >= 4 is 17.3 Å². The van der Waals surface area contributed by atoms with Gasteiger partial charge in [0.15, 0.2) is 5.69 Å². The smallest absolute Gasteiger partial charge is 0.276 e. The van der Waals surface area contributed by atoms with Crippen molar-refractivity contribution in [3.63, 3.8) is 0 Å². The maximum Gasteiger partial charge on any atom is 0.276 e. The Kier molecular flexibility index (Phi) is 8.88. The van der Waals surface area contributed by atoms with Gasteiger partial charge >= 0.3 is 0 Å². The summed E-state index contributed by atoms with van der Waals surface area (Å²) in [5.41, 5.74) is 5.67. The van der Waals surface area contributed by atoms with Crippen molar-refractivity contribution < 1.29 is 9.53 Å². The Labute approximate surface area is 252 Å². The summed E-state index contributed by atoms with van der Waals surface area (Å²) in [6.45, 7) is 17.5. The van der Waals surface area contributed by atoms with Crippen LogP contribution in [0.4, 0.5) is 11.4 Å². The van der Waals surface area contributed by atoms with Gasteiger partial charge in [-0.15, -0.1) is 5.10 Å². The first-order valence-electron chi connectivity index (χ1n) is 14.8. The number of anilines is 2. The molecule has 0 spiro atoms. The van der Waals surface area contributed by atoms with Crippen LogP contribution in [0.2, 0.25) is 0 Å². The maximum absolute atomic E-state index is 13.0. The van der Waals surface area contributed by atoms with Gasteiger partial charge in [-0.2, -0.15) is 5.10 Å². The van der Waals surface area contributed by atoms with E-state index in [1.165, 1.54) is 0 Å². The molecular formula is C31H42N10O2. The first-order chi connectivity index (χ1) is 20.5. The molecule has 0 aliphatic carbocycles. The number of hydrogen-bond donors (Lipinski definition) is 2. The van der Waals surface area contributed by atoms with Gasteiger partial charge in [0.25, 0.3) is 5.91 Å². The fourth-order valence-electron chi connectivity index (χ4n) is 5.32. The lowest BCUT2D eigenvalue weighted by Gasteiger charge is -2.38. The zero-order valence-corrected chi connectivity index (χ0v) is 26.1. The van der Waals surface area contributed by atoms with Crippen LogP contribution in [0.25, 0.3) is 16.9 Å². The molecule has 2 N–H and O–H groups in total. The molecule has 1 aliphatic rings. The van der Waals surface area contributed by atoms with Gasteiger partial charge in [-0.3, -0.25) is 19.4 Å². The van der Waals surface area contributed by atoms with E-state index in [0.717, 1.165) is 48.7 Å². The second-order valence-corrected chi connectivity index (χ2v) is 12.3. The van der Waals surface area contributed by atoms with E-state index >= 15 is 0 Å². The summed E-state index contributed by atoms with van der Waals surface area (Å²) in [5.74, 6) is -0.299. The van der Waals surface area contributed by atoms with Crippen molar-refractivity contribution in [3.05, 3.63) is 60.1 Å². The average molecular weight is 587 g/mol. The summed E-state index contributed by atoms with van der Waals surface area (Å²) >= 11 is 0. The first-order valence-corrected chi connectivity index (χ1v) is 14.8. The number of carbonyl (C=O) groups excluding carboxylic acids is 1. The highest BCUT2D eigenvalue weighted by atomic mass is 16.5. The van der Waals surface area contributed by atoms with E-state index < -0.39 is 0 Å². The van der Waals surface area contributed by atoms with Crippen LogP contribution in [-0.4, -0.2) is 79.0 Å². The minimum absolute atomic E-state index is 0.218. The third-order valence-electron chi connectivity index (χ3n) is 7.42. The summed E-state index contributed by atoms with van der Waals surface area (Å²) in [6, 6.07) is 6.06. The molecule has 5 rings (SSSR count). The van der Waals surface area contributed by atoms with Crippen molar-refractivity contribution in [1.29, 1.82) is 0 Å². The molecule has 12 heteroatoms. The Bertz CT molecular complexity index is 1570. The number of rotatable bonds is 9. The molecule has 0 aromatic carbocycles. The minimum Gasteiger partial charge on any atom is -0.379 e. The third-order valence-corrected chi connectivity index (χ3v) is 7.42. The fourth-order valence-corrected chi connectivity index (χ4v) is 5.32. The van der Waals surface area contributed by atoms with E-state index in [9.17, 15) is 4.79 Å². The molecule has 1 saturated heterocycles. The number of aryl methyl sites for hydroxylation is 2. The molecule has 1 aliphatic heterocycles. The quantitative estimate of drug-likeness (QED) is 0.297. The van der Waals surface area contributed by atoms with E-state index in [2.05, 4.69) is 81.6 Å². The van der Waals surface area contributed by atoms with Crippen LogP contribution in [0.5, 0.6) is 0 Å². The maximum atomic E-state index is 13.0. The molecule has 228 valence electrons. The van der Waals surface area contributed by atoms with Crippen LogP contribution < -0.4 is 15.5 Å². The van der Waals surface area contributed by atoms with E-state index in [1.54, 1.807) is 23.1 Å². The monoisotopic (exact) mass is 586 g/mol. The van der Waals surface area contributed by atoms with Gasteiger partial charge in [0.1, 0.15) is 5.69 Å². The zero-order chi connectivity index (χ0) is 30.7. The molecule has 1 amide bonds. The van der Waals surface area contributed by atoms with Crippen molar-refractivity contribution in [2.45, 2.75) is 72.6 Å². The van der Waals surface area contributed by atoms with Crippen molar-refractivity contribution in [1.82, 2.24) is 40.1 Å². The zero-order valence-electron chi connectivity index (χ0n) is 26.1. The van der Waals surface area contributed by atoms with E-state index in [0.29, 0.717) is 35.4 Å². The second-order valence-electron chi connectivity index (χ2n) is 12.3. The molecule has 5 heterocycles. The Morgan fingerprint density at radius 2 is 1.98 bits per heavy atom. The van der Waals surface area contributed by atoms with Gasteiger partial charge in [-0.25, -0.2) is 4.68 Å². The van der Waals surface area contributed by atoms with Gasteiger partial charge in [-0.1, -0.05) is 5.21 Å². The van der Waals surface area contributed by atoms with Crippen molar-refractivity contribution in [2.75, 3.05) is 36.5 Å². The summed E-state index contributed by atoms with van der Waals surface area (Å²) in [6.07, 6.45) is 8.35. The third kappa shape index (κ3) is 7.08. The van der Waals surface area contributed by atoms with Crippen LogP contribution >= 0.6 is 0 Å². The SMILES string of the molecule is Cc1ncc(NC(=O)c2cc(C)n(C(C)(C)C)n2)cc1-n1cc(-c2cncc(N3CCNCC3CCOC(C)C)c2)nn1. The van der Waals surface area contributed by atoms with Gasteiger partial charge in [0.05, 0.1) is 53.0 Å². The molecule has 43 heavy (non-hydrogen) atoms. The number of pyridine rings is 2. The summed E-state index contributed by atoms with van der Waals surface area (Å²) in [5, 5.41) is 19.8. The van der Waals surface area contributed by atoms with Gasteiger partial charge in [0.2, 0.25) is 0 Å². The predicted octanol–water partition coefficient (Wildman–Crippen LogP) is 4.14. The lowest BCUT2D eigenvalue weighted by atomic mass is 10.1. The highest BCUT2D eigenvalue weighted by Gasteiger charge is 2.24.